The van der Waals surface area contributed by atoms with Crippen molar-refractivity contribution in [3.8, 4) is 0 Å². The van der Waals surface area contributed by atoms with Crippen LogP contribution in [-0.2, 0) is 11.0 Å². The molecule has 0 fully saturated rings. The second-order valence-corrected chi connectivity index (χ2v) is 6.59. The Morgan fingerprint density at radius 1 is 1.00 bits per heavy atom. The van der Waals surface area contributed by atoms with Crippen LogP contribution in [-0.4, -0.2) is 14.5 Å². The van der Waals surface area contributed by atoms with Gasteiger partial charge in [0.25, 0.3) is 0 Å². The van der Waals surface area contributed by atoms with E-state index < -0.39 is 0 Å². The van der Waals surface area contributed by atoms with Crippen molar-refractivity contribution in [2.75, 3.05) is 0 Å². The first-order chi connectivity index (χ1) is 7.71. The van der Waals surface area contributed by atoms with Gasteiger partial charge in [-0.15, -0.1) is 0 Å². The van der Waals surface area contributed by atoms with Gasteiger partial charge in [0.2, 0.25) is 0 Å². The van der Waals surface area contributed by atoms with Crippen molar-refractivity contribution < 1.29 is 0 Å². The first-order valence-electron chi connectivity index (χ1n) is 6.03. The van der Waals surface area contributed by atoms with Crippen molar-refractivity contribution in [3.63, 3.8) is 0 Å². The van der Waals surface area contributed by atoms with Crippen molar-refractivity contribution >= 4 is 11.0 Å². The summed E-state index contributed by atoms with van der Waals surface area (Å²) in [5.41, 5.74) is 3.50. The highest BCUT2D eigenvalue weighted by atomic mass is 15.1. The number of fused-ring (bicyclic) bond motifs is 1. The molecule has 0 spiro atoms. The Balaban J connectivity index is 2.74. The molecule has 0 aliphatic rings. The molecule has 0 bridgehead atoms. The first-order valence-corrected chi connectivity index (χ1v) is 6.03. The minimum Gasteiger partial charge on any atom is -0.324 e. The lowest BCUT2D eigenvalue weighted by molar-refractivity contribution is 0.408. The SMILES string of the molecule is CC(C)(C)c1cncc2c1ncn2C(C)(C)C. The van der Waals surface area contributed by atoms with Crippen LogP contribution in [0.2, 0.25) is 0 Å². The number of imidazole rings is 1. The molecule has 0 aromatic carbocycles. The fourth-order valence-corrected chi connectivity index (χ4v) is 2.02. The highest BCUT2D eigenvalue weighted by Crippen LogP contribution is 2.30. The van der Waals surface area contributed by atoms with Crippen LogP contribution in [0.15, 0.2) is 18.7 Å². The lowest BCUT2D eigenvalue weighted by atomic mass is 9.87. The normalized spacial score (nSPS) is 13.3. The molecule has 3 nitrogen and oxygen atoms in total. The summed E-state index contributed by atoms with van der Waals surface area (Å²) in [4.78, 5) is 8.94. The van der Waals surface area contributed by atoms with Crippen LogP contribution in [0.3, 0.4) is 0 Å². The molecule has 0 atom stereocenters. The molecule has 0 aliphatic heterocycles. The Hall–Kier alpha value is -1.38. The van der Waals surface area contributed by atoms with E-state index in [4.69, 9.17) is 0 Å². The van der Waals surface area contributed by atoms with Crippen LogP contribution in [0.1, 0.15) is 47.1 Å². The van der Waals surface area contributed by atoms with E-state index in [2.05, 4.69) is 56.1 Å². The summed E-state index contributed by atoms with van der Waals surface area (Å²) < 4.78 is 2.19. The Morgan fingerprint density at radius 2 is 1.65 bits per heavy atom. The summed E-state index contributed by atoms with van der Waals surface area (Å²) in [6.45, 7) is 13.1. The second kappa shape index (κ2) is 3.56. The summed E-state index contributed by atoms with van der Waals surface area (Å²) in [6, 6.07) is 0. The van der Waals surface area contributed by atoms with Crippen molar-refractivity contribution in [1.29, 1.82) is 0 Å². The monoisotopic (exact) mass is 231 g/mol. The van der Waals surface area contributed by atoms with Crippen molar-refractivity contribution in [3.05, 3.63) is 24.3 Å². The Labute approximate surface area is 103 Å². The minimum atomic E-state index is 0.0347. The van der Waals surface area contributed by atoms with Gasteiger partial charge in [-0.3, -0.25) is 4.98 Å². The van der Waals surface area contributed by atoms with Gasteiger partial charge in [-0.25, -0.2) is 4.98 Å². The zero-order valence-electron chi connectivity index (χ0n) is 11.6. The number of aromatic nitrogens is 3. The fraction of sp³-hybridized carbons (Fsp3) is 0.571. The second-order valence-electron chi connectivity index (χ2n) is 6.59. The topological polar surface area (TPSA) is 30.7 Å². The molecule has 0 radical (unpaired) electrons. The zero-order chi connectivity index (χ0) is 12.8. The standard InChI is InChI=1S/C14H21N3/c1-13(2,3)10-7-15-8-11-12(10)16-9-17(11)14(4,5)6/h7-9H,1-6H3. The van der Waals surface area contributed by atoms with Crippen LogP contribution in [0.4, 0.5) is 0 Å². The van der Waals surface area contributed by atoms with E-state index in [0.29, 0.717) is 0 Å². The van der Waals surface area contributed by atoms with Crippen molar-refractivity contribution in [2.24, 2.45) is 0 Å². The predicted molar refractivity (Wildman–Crippen MR) is 71.2 cm³/mol. The summed E-state index contributed by atoms with van der Waals surface area (Å²) >= 11 is 0. The molecule has 3 heteroatoms. The molecule has 0 saturated heterocycles. The Bertz CT molecular complexity index is 539. The van der Waals surface area contributed by atoms with Crippen LogP contribution < -0.4 is 0 Å². The summed E-state index contributed by atoms with van der Waals surface area (Å²) in [6.07, 6.45) is 5.76. The van der Waals surface area contributed by atoms with Gasteiger partial charge in [-0.1, -0.05) is 20.8 Å². The summed E-state index contributed by atoms with van der Waals surface area (Å²) in [5.74, 6) is 0. The van der Waals surface area contributed by atoms with Gasteiger partial charge in [0.05, 0.1) is 23.6 Å². The van der Waals surface area contributed by atoms with E-state index >= 15 is 0 Å². The maximum atomic E-state index is 4.57. The number of rotatable bonds is 0. The average Bonchev–Trinajstić information content (AvgIpc) is 2.57. The number of pyridine rings is 1. The molecule has 0 saturated carbocycles. The van der Waals surface area contributed by atoms with Gasteiger partial charge < -0.3 is 4.57 Å². The van der Waals surface area contributed by atoms with E-state index in [1.807, 2.05) is 18.7 Å². The summed E-state index contributed by atoms with van der Waals surface area (Å²) in [7, 11) is 0. The predicted octanol–water partition coefficient (Wildman–Crippen LogP) is 3.48. The smallest absolute Gasteiger partial charge is 0.0963 e. The van der Waals surface area contributed by atoms with Gasteiger partial charge >= 0.3 is 0 Å². The Morgan fingerprint density at radius 3 is 2.18 bits per heavy atom. The van der Waals surface area contributed by atoms with Gasteiger partial charge in [0.15, 0.2) is 0 Å². The van der Waals surface area contributed by atoms with Gasteiger partial charge in [-0.2, -0.15) is 0 Å². The third kappa shape index (κ3) is 2.06. The molecule has 2 rings (SSSR count). The lowest BCUT2D eigenvalue weighted by Crippen LogP contribution is -2.20. The maximum absolute atomic E-state index is 4.57. The molecule has 0 amide bonds. The highest BCUT2D eigenvalue weighted by molar-refractivity contribution is 5.79. The van der Waals surface area contributed by atoms with Crippen LogP contribution in [0.5, 0.6) is 0 Å². The first kappa shape index (κ1) is 12.1. The average molecular weight is 231 g/mol. The highest BCUT2D eigenvalue weighted by Gasteiger charge is 2.22. The molecular formula is C14H21N3. The Kier molecular flexibility index (Phi) is 2.53. The lowest BCUT2D eigenvalue weighted by Gasteiger charge is -2.23. The molecule has 2 aromatic rings. The number of hydrogen-bond donors (Lipinski definition) is 0. The molecule has 0 aliphatic carbocycles. The van der Waals surface area contributed by atoms with E-state index in [1.165, 1.54) is 5.56 Å². The van der Waals surface area contributed by atoms with Crippen LogP contribution in [0, 0.1) is 0 Å². The van der Waals surface area contributed by atoms with E-state index in [0.717, 1.165) is 11.0 Å². The molecular weight excluding hydrogens is 210 g/mol. The van der Waals surface area contributed by atoms with E-state index in [9.17, 15) is 0 Å². The molecule has 0 unspecified atom stereocenters. The maximum Gasteiger partial charge on any atom is 0.0963 e. The van der Waals surface area contributed by atoms with Crippen LogP contribution in [0.25, 0.3) is 11.0 Å². The quantitative estimate of drug-likeness (QED) is 0.695. The van der Waals surface area contributed by atoms with E-state index in [1.54, 1.807) is 0 Å². The zero-order valence-corrected chi connectivity index (χ0v) is 11.6. The van der Waals surface area contributed by atoms with Gasteiger partial charge in [0, 0.05) is 17.3 Å². The van der Waals surface area contributed by atoms with Crippen LogP contribution >= 0.6 is 0 Å². The van der Waals surface area contributed by atoms with Gasteiger partial charge in [-0.05, 0) is 26.2 Å². The molecule has 2 aromatic heterocycles. The molecule has 92 valence electrons. The third-order valence-corrected chi connectivity index (χ3v) is 2.99. The minimum absolute atomic E-state index is 0.0347. The molecule has 2 heterocycles. The summed E-state index contributed by atoms with van der Waals surface area (Å²) in [5, 5.41) is 0. The fourth-order valence-electron chi connectivity index (χ4n) is 2.02. The number of nitrogens with zero attached hydrogens (tertiary/aromatic N) is 3. The van der Waals surface area contributed by atoms with Crippen molar-refractivity contribution in [2.45, 2.75) is 52.5 Å². The molecule has 0 N–H and O–H groups in total. The van der Waals surface area contributed by atoms with Crippen molar-refractivity contribution in [1.82, 2.24) is 14.5 Å². The largest absolute Gasteiger partial charge is 0.324 e. The third-order valence-electron chi connectivity index (χ3n) is 2.99. The number of hydrogen-bond acceptors (Lipinski definition) is 2. The van der Waals surface area contributed by atoms with Gasteiger partial charge in [0.1, 0.15) is 0 Å². The van der Waals surface area contributed by atoms with E-state index in [-0.39, 0.29) is 11.0 Å². The molecule has 17 heavy (non-hydrogen) atoms.